The summed E-state index contributed by atoms with van der Waals surface area (Å²) in [4.78, 5) is 8.56. The third-order valence-corrected chi connectivity index (χ3v) is 6.33. The van der Waals surface area contributed by atoms with Gasteiger partial charge in [0.25, 0.3) is 0 Å². The van der Waals surface area contributed by atoms with Crippen molar-refractivity contribution in [2.24, 2.45) is 5.92 Å². The molecule has 0 N–H and O–H groups in total. The van der Waals surface area contributed by atoms with E-state index in [1.54, 1.807) is 0 Å². The molecule has 3 aromatic rings. The Labute approximate surface area is 173 Å². The van der Waals surface area contributed by atoms with Gasteiger partial charge in [-0.25, -0.2) is 9.97 Å². The fraction of sp³-hybridized carbons (Fsp3) is 0.429. The minimum Gasteiger partial charge on any atom is -0.344 e. The fourth-order valence-electron chi connectivity index (χ4n) is 4.66. The van der Waals surface area contributed by atoms with Crippen LogP contribution in [0.25, 0.3) is 11.0 Å². The van der Waals surface area contributed by atoms with E-state index >= 15 is 0 Å². The molecular formula is C21H21Cl2N3O2. The molecule has 2 fully saturated rings. The van der Waals surface area contributed by atoms with Gasteiger partial charge < -0.3 is 14.0 Å². The zero-order valence-electron chi connectivity index (χ0n) is 15.7. The standard InChI is InChI=1S/C21H21Cl2N3O2/c1-21(2)27-17-13(9-12-3-5-14(22)6-4-12)10-16(18(17)28-21)26-8-7-15-19(23)24-11-25-20(15)26/h3-8,11,13,16-18H,9-10H2,1-2H3/t13-,16+,17+,18-/m0/s1. The Morgan fingerprint density at radius 1 is 1.07 bits per heavy atom. The molecule has 1 saturated heterocycles. The molecule has 0 spiro atoms. The number of hydrogen-bond donors (Lipinski definition) is 0. The van der Waals surface area contributed by atoms with Crippen LogP contribution in [0, 0.1) is 5.92 Å². The van der Waals surface area contributed by atoms with Crippen LogP contribution in [0.1, 0.15) is 31.9 Å². The van der Waals surface area contributed by atoms with Gasteiger partial charge in [0.2, 0.25) is 0 Å². The molecule has 1 aromatic carbocycles. The lowest BCUT2D eigenvalue weighted by atomic mass is 9.96. The number of benzene rings is 1. The van der Waals surface area contributed by atoms with Crippen LogP contribution in [0.4, 0.5) is 0 Å². The van der Waals surface area contributed by atoms with Crippen LogP contribution < -0.4 is 0 Å². The van der Waals surface area contributed by atoms with E-state index in [-0.39, 0.29) is 18.2 Å². The van der Waals surface area contributed by atoms with Crippen molar-refractivity contribution in [3.05, 3.63) is 58.6 Å². The van der Waals surface area contributed by atoms with Crippen molar-refractivity contribution in [3.8, 4) is 0 Å². The van der Waals surface area contributed by atoms with Gasteiger partial charge in [0, 0.05) is 11.2 Å². The minimum atomic E-state index is -0.595. The Morgan fingerprint density at radius 2 is 1.82 bits per heavy atom. The van der Waals surface area contributed by atoms with E-state index in [0.29, 0.717) is 11.1 Å². The lowest BCUT2D eigenvalue weighted by molar-refractivity contribution is -0.160. The highest BCUT2D eigenvalue weighted by Crippen LogP contribution is 2.48. The van der Waals surface area contributed by atoms with Crippen molar-refractivity contribution in [1.82, 2.24) is 14.5 Å². The van der Waals surface area contributed by atoms with Crippen LogP contribution in [0.5, 0.6) is 0 Å². The molecule has 3 heterocycles. The van der Waals surface area contributed by atoms with E-state index in [9.17, 15) is 0 Å². The van der Waals surface area contributed by atoms with Gasteiger partial charge in [-0.3, -0.25) is 0 Å². The van der Waals surface area contributed by atoms with Gasteiger partial charge in [0.1, 0.15) is 23.2 Å². The highest BCUT2D eigenvalue weighted by atomic mass is 35.5. The second kappa shape index (κ2) is 6.70. The van der Waals surface area contributed by atoms with E-state index < -0.39 is 5.79 Å². The van der Waals surface area contributed by atoms with E-state index in [1.165, 1.54) is 11.9 Å². The molecule has 1 aliphatic heterocycles. The molecule has 5 nitrogen and oxygen atoms in total. The van der Waals surface area contributed by atoms with Gasteiger partial charge in [0.15, 0.2) is 5.79 Å². The first kappa shape index (κ1) is 18.4. The summed E-state index contributed by atoms with van der Waals surface area (Å²) < 4.78 is 14.8. The largest absolute Gasteiger partial charge is 0.344 e. The van der Waals surface area contributed by atoms with E-state index in [0.717, 1.165) is 28.9 Å². The molecule has 7 heteroatoms. The molecule has 2 aromatic heterocycles. The molecule has 0 radical (unpaired) electrons. The quantitative estimate of drug-likeness (QED) is 0.558. The average Bonchev–Trinajstić information content (AvgIpc) is 3.30. The summed E-state index contributed by atoms with van der Waals surface area (Å²) in [5.41, 5.74) is 2.09. The average molecular weight is 418 g/mol. The number of aromatic nitrogens is 3. The van der Waals surface area contributed by atoms with E-state index in [4.69, 9.17) is 32.7 Å². The number of nitrogens with zero attached hydrogens (tertiary/aromatic N) is 3. The summed E-state index contributed by atoms with van der Waals surface area (Å²) in [6, 6.07) is 10.2. The van der Waals surface area contributed by atoms with Crippen LogP contribution in [0.15, 0.2) is 42.9 Å². The Hall–Kier alpha value is -1.66. The predicted molar refractivity (Wildman–Crippen MR) is 109 cm³/mol. The summed E-state index contributed by atoms with van der Waals surface area (Å²) in [6.07, 6.45) is 5.41. The smallest absolute Gasteiger partial charge is 0.163 e. The SMILES string of the molecule is CC1(C)O[C@@H]2[C@@H](Cc3ccc(Cl)cc3)C[C@@H](n3ccc4c(Cl)ncnc43)[C@@H]2O1. The molecule has 0 bridgehead atoms. The maximum absolute atomic E-state index is 6.33. The van der Waals surface area contributed by atoms with Gasteiger partial charge >= 0.3 is 0 Å². The summed E-state index contributed by atoms with van der Waals surface area (Å²) in [5, 5.41) is 2.09. The molecule has 4 atom stereocenters. The number of ether oxygens (including phenoxy) is 2. The Morgan fingerprint density at radius 3 is 2.61 bits per heavy atom. The predicted octanol–water partition coefficient (Wildman–Crippen LogP) is 5.06. The lowest BCUT2D eigenvalue weighted by Gasteiger charge is -2.24. The number of rotatable bonds is 3. The first-order chi connectivity index (χ1) is 13.4. The van der Waals surface area contributed by atoms with Crippen LogP contribution in [-0.4, -0.2) is 32.5 Å². The second-order valence-corrected chi connectivity index (χ2v) is 8.88. The fourth-order valence-corrected chi connectivity index (χ4v) is 4.98. The molecule has 2 aliphatic rings. The normalized spacial score (nSPS) is 28.7. The lowest BCUT2D eigenvalue weighted by Crippen LogP contribution is -2.27. The number of fused-ring (bicyclic) bond motifs is 2. The van der Waals surface area contributed by atoms with Crippen molar-refractivity contribution in [2.75, 3.05) is 0 Å². The molecule has 0 amide bonds. The molecule has 5 rings (SSSR count). The van der Waals surface area contributed by atoms with Crippen molar-refractivity contribution >= 4 is 34.2 Å². The summed E-state index contributed by atoms with van der Waals surface area (Å²) >= 11 is 12.3. The Bertz CT molecular complexity index is 1020. The van der Waals surface area contributed by atoms with Gasteiger partial charge in [0.05, 0.1) is 17.5 Å². The van der Waals surface area contributed by atoms with Crippen molar-refractivity contribution in [3.63, 3.8) is 0 Å². The summed E-state index contributed by atoms with van der Waals surface area (Å²) in [5.74, 6) is -0.255. The van der Waals surface area contributed by atoms with Crippen molar-refractivity contribution in [1.29, 1.82) is 0 Å². The van der Waals surface area contributed by atoms with Gasteiger partial charge in [-0.05, 0) is 56.4 Å². The summed E-state index contributed by atoms with van der Waals surface area (Å²) in [7, 11) is 0. The minimum absolute atomic E-state index is 0.0309. The maximum atomic E-state index is 6.33. The first-order valence-electron chi connectivity index (χ1n) is 9.48. The zero-order valence-corrected chi connectivity index (χ0v) is 17.2. The third-order valence-electron chi connectivity index (χ3n) is 5.78. The van der Waals surface area contributed by atoms with Crippen LogP contribution >= 0.6 is 23.2 Å². The summed E-state index contributed by atoms with van der Waals surface area (Å²) in [6.45, 7) is 3.96. The topological polar surface area (TPSA) is 49.2 Å². The molecular weight excluding hydrogens is 397 g/mol. The molecule has 0 unspecified atom stereocenters. The van der Waals surface area contributed by atoms with Gasteiger partial charge in [-0.15, -0.1) is 0 Å². The third kappa shape index (κ3) is 3.11. The second-order valence-electron chi connectivity index (χ2n) is 8.08. The van der Waals surface area contributed by atoms with Crippen molar-refractivity contribution < 1.29 is 9.47 Å². The number of hydrogen-bond acceptors (Lipinski definition) is 4. The van der Waals surface area contributed by atoms with E-state index in [1.807, 2.05) is 38.2 Å². The monoisotopic (exact) mass is 417 g/mol. The van der Waals surface area contributed by atoms with Crippen LogP contribution in [0.2, 0.25) is 10.2 Å². The van der Waals surface area contributed by atoms with Crippen molar-refractivity contribution in [2.45, 2.75) is 50.7 Å². The zero-order chi connectivity index (χ0) is 19.5. The van der Waals surface area contributed by atoms with E-state index in [2.05, 4.69) is 26.7 Å². The molecule has 28 heavy (non-hydrogen) atoms. The highest BCUT2D eigenvalue weighted by Gasteiger charge is 2.54. The van der Waals surface area contributed by atoms with Crippen LogP contribution in [0.3, 0.4) is 0 Å². The number of halogens is 2. The molecule has 146 valence electrons. The Balaban J connectivity index is 1.50. The highest BCUT2D eigenvalue weighted by molar-refractivity contribution is 6.33. The first-order valence-corrected chi connectivity index (χ1v) is 10.2. The molecule has 1 saturated carbocycles. The van der Waals surface area contributed by atoms with Gasteiger partial charge in [-0.1, -0.05) is 35.3 Å². The van der Waals surface area contributed by atoms with Crippen LogP contribution in [-0.2, 0) is 15.9 Å². The van der Waals surface area contributed by atoms with Gasteiger partial charge in [-0.2, -0.15) is 0 Å². The maximum Gasteiger partial charge on any atom is 0.163 e. The Kier molecular flexibility index (Phi) is 4.40. The molecule has 1 aliphatic carbocycles.